The molecule has 0 atom stereocenters. The predicted molar refractivity (Wildman–Crippen MR) is 42.1 cm³/mol. The molecule has 0 bridgehead atoms. The van der Waals surface area contributed by atoms with Crippen molar-refractivity contribution in [1.29, 1.82) is 0 Å². The van der Waals surface area contributed by atoms with Gasteiger partial charge in [0.2, 0.25) is 0 Å². The molecule has 0 saturated heterocycles. The topological polar surface area (TPSA) is 67.3 Å². The summed E-state index contributed by atoms with van der Waals surface area (Å²) in [6, 6.07) is 1.80. The second kappa shape index (κ2) is 2.69. The maximum absolute atomic E-state index is 4.18. The van der Waals surface area contributed by atoms with Gasteiger partial charge in [0, 0.05) is 6.20 Å². The van der Waals surface area contributed by atoms with Crippen molar-refractivity contribution in [1.82, 2.24) is 25.4 Å². The standard InChI is InChI=1S/C7H7N5/c1-5-8-3-2-6(10-5)7-4-9-12-11-7/h2-4H,1H3,(H,9,11,12). The van der Waals surface area contributed by atoms with Crippen molar-refractivity contribution < 1.29 is 0 Å². The zero-order chi connectivity index (χ0) is 8.39. The van der Waals surface area contributed by atoms with Gasteiger partial charge in [-0.3, -0.25) is 5.10 Å². The average Bonchev–Trinajstić information content (AvgIpc) is 2.56. The maximum atomic E-state index is 4.18. The Kier molecular flexibility index (Phi) is 1.55. The molecule has 1 N–H and O–H groups in total. The van der Waals surface area contributed by atoms with Crippen LogP contribution in [0.5, 0.6) is 0 Å². The second-order valence-electron chi connectivity index (χ2n) is 2.35. The van der Waals surface area contributed by atoms with Crippen molar-refractivity contribution in [3.63, 3.8) is 0 Å². The quantitative estimate of drug-likeness (QED) is 0.663. The second-order valence-corrected chi connectivity index (χ2v) is 2.35. The number of nitrogens with one attached hydrogen (secondary N) is 1. The minimum atomic E-state index is 0.732. The molecule has 0 spiro atoms. The Hall–Kier alpha value is -1.78. The highest BCUT2D eigenvalue weighted by atomic mass is 15.3. The maximum Gasteiger partial charge on any atom is 0.131 e. The average molecular weight is 161 g/mol. The minimum Gasteiger partial charge on any atom is -0.265 e. The lowest BCUT2D eigenvalue weighted by atomic mass is 10.3. The molecule has 0 aromatic carbocycles. The number of rotatable bonds is 1. The first-order valence-corrected chi connectivity index (χ1v) is 3.53. The Balaban J connectivity index is 2.48. The minimum absolute atomic E-state index is 0.732. The Morgan fingerprint density at radius 3 is 2.92 bits per heavy atom. The molecule has 60 valence electrons. The van der Waals surface area contributed by atoms with Gasteiger partial charge in [-0.1, -0.05) is 5.21 Å². The van der Waals surface area contributed by atoms with Gasteiger partial charge in [0.25, 0.3) is 0 Å². The molecule has 2 rings (SSSR count). The highest BCUT2D eigenvalue weighted by Crippen LogP contribution is 2.09. The number of aromatic amines is 1. The van der Waals surface area contributed by atoms with E-state index < -0.39 is 0 Å². The van der Waals surface area contributed by atoms with Crippen molar-refractivity contribution in [2.75, 3.05) is 0 Å². The van der Waals surface area contributed by atoms with E-state index in [4.69, 9.17) is 0 Å². The van der Waals surface area contributed by atoms with Gasteiger partial charge in [-0.15, -0.1) is 5.10 Å². The Bertz CT molecular complexity index is 367. The molecule has 2 aromatic heterocycles. The van der Waals surface area contributed by atoms with Gasteiger partial charge in [0.15, 0.2) is 0 Å². The van der Waals surface area contributed by atoms with Crippen molar-refractivity contribution in [3.8, 4) is 11.4 Å². The van der Waals surface area contributed by atoms with E-state index in [1.165, 1.54) is 0 Å². The first kappa shape index (κ1) is 6.90. The predicted octanol–water partition coefficient (Wildman–Crippen LogP) is 0.570. The zero-order valence-corrected chi connectivity index (χ0v) is 6.52. The van der Waals surface area contributed by atoms with E-state index >= 15 is 0 Å². The lowest BCUT2D eigenvalue weighted by Crippen LogP contribution is -1.89. The fourth-order valence-electron chi connectivity index (χ4n) is 0.926. The largest absolute Gasteiger partial charge is 0.265 e. The summed E-state index contributed by atoms with van der Waals surface area (Å²) in [4.78, 5) is 8.16. The van der Waals surface area contributed by atoms with Crippen LogP contribution in [0.4, 0.5) is 0 Å². The van der Waals surface area contributed by atoms with Gasteiger partial charge < -0.3 is 0 Å². The summed E-state index contributed by atoms with van der Waals surface area (Å²) >= 11 is 0. The van der Waals surface area contributed by atoms with Gasteiger partial charge in [-0.25, -0.2) is 9.97 Å². The molecule has 0 amide bonds. The van der Waals surface area contributed by atoms with E-state index in [9.17, 15) is 0 Å². The molecule has 0 saturated carbocycles. The summed E-state index contributed by atoms with van der Waals surface area (Å²) in [5.74, 6) is 0.732. The van der Waals surface area contributed by atoms with E-state index in [1.807, 2.05) is 6.92 Å². The summed E-state index contributed by atoms with van der Waals surface area (Å²) in [6.07, 6.45) is 3.40. The Morgan fingerprint density at radius 2 is 2.25 bits per heavy atom. The number of hydrogen-bond acceptors (Lipinski definition) is 4. The monoisotopic (exact) mass is 161 g/mol. The SMILES string of the molecule is Cc1nccc(-c2c[nH]nn2)n1. The van der Waals surface area contributed by atoms with Crippen LogP contribution in [-0.4, -0.2) is 25.4 Å². The van der Waals surface area contributed by atoms with Crippen LogP contribution in [0, 0.1) is 6.92 Å². The fraction of sp³-hybridized carbons (Fsp3) is 0.143. The van der Waals surface area contributed by atoms with Crippen molar-refractivity contribution >= 4 is 0 Å². The van der Waals surface area contributed by atoms with Gasteiger partial charge in [-0.05, 0) is 13.0 Å². The lowest BCUT2D eigenvalue weighted by Gasteiger charge is -1.94. The third kappa shape index (κ3) is 1.16. The first-order chi connectivity index (χ1) is 5.86. The van der Waals surface area contributed by atoms with Gasteiger partial charge in [0.1, 0.15) is 11.5 Å². The molecule has 5 nitrogen and oxygen atoms in total. The van der Waals surface area contributed by atoms with E-state index in [-0.39, 0.29) is 0 Å². The summed E-state index contributed by atoms with van der Waals surface area (Å²) in [7, 11) is 0. The van der Waals surface area contributed by atoms with Gasteiger partial charge >= 0.3 is 0 Å². The van der Waals surface area contributed by atoms with E-state index in [1.54, 1.807) is 18.5 Å². The number of H-pyrrole nitrogens is 1. The van der Waals surface area contributed by atoms with Crippen LogP contribution >= 0.6 is 0 Å². The molecule has 0 aliphatic carbocycles. The van der Waals surface area contributed by atoms with Crippen LogP contribution < -0.4 is 0 Å². The van der Waals surface area contributed by atoms with Crippen molar-refractivity contribution in [2.24, 2.45) is 0 Å². The fourth-order valence-corrected chi connectivity index (χ4v) is 0.926. The van der Waals surface area contributed by atoms with Crippen molar-refractivity contribution in [3.05, 3.63) is 24.3 Å². The van der Waals surface area contributed by atoms with Gasteiger partial charge in [-0.2, -0.15) is 0 Å². The molecule has 12 heavy (non-hydrogen) atoms. The number of hydrogen-bond donors (Lipinski definition) is 1. The van der Waals surface area contributed by atoms with Crippen LogP contribution in [0.3, 0.4) is 0 Å². The third-order valence-corrected chi connectivity index (χ3v) is 1.46. The van der Waals surface area contributed by atoms with Crippen LogP contribution in [-0.2, 0) is 0 Å². The molecule has 0 radical (unpaired) electrons. The number of aryl methyl sites for hydroxylation is 1. The van der Waals surface area contributed by atoms with Crippen molar-refractivity contribution in [2.45, 2.75) is 6.92 Å². The van der Waals surface area contributed by atoms with Crippen LogP contribution in [0.25, 0.3) is 11.4 Å². The molecule has 0 aliphatic rings. The molecular formula is C7H7N5. The lowest BCUT2D eigenvalue weighted by molar-refractivity contribution is 0.938. The summed E-state index contributed by atoms with van der Waals surface area (Å²) < 4.78 is 0. The van der Waals surface area contributed by atoms with Crippen LogP contribution in [0.2, 0.25) is 0 Å². The molecule has 0 aliphatic heterocycles. The smallest absolute Gasteiger partial charge is 0.131 e. The summed E-state index contributed by atoms with van der Waals surface area (Å²) in [6.45, 7) is 1.84. The molecule has 5 heteroatoms. The molecule has 2 heterocycles. The third-order valence-electron chi connectivity index (χ3n) is 1.46. The summed E-state index contributed by atoms with van der Waals surface area (Å²) in [5.41, 5.74) is 1.52. The highest BCUT2D eigenvalue weighted by Gasteiger charge is 2.01. The molecular weight excluding hydrogens is 154 g/mol. The van der Waals surface area contributed by atoms with E-state index in [2.05, 4.69) is 25.4 Å². The first-order valence-electron chi connectivity index (χ1n) is 3.53. The van der Waals surface area contributed by atoms with Crippen LogP contribution in [0.1, 0.15) is 5.82 Å². The van der Waals surface area contributed by atoms with E-state index in [0.717, 1.165) is 17.2 Å². The number of nitrogens with zero attached hydrogens (tertiary/aromatic N) is 4. The Labute approximate surface area is 68.9 Å². The normalized spacial score (nSPS) is 10.1. The molecule has 2 aromatic rings. The van der Waals surface area contributed by atoms with E-state index in [0.29, 0.717) is 0 Å². The molecule has 0 unspecified atom stereocenters. The highest BCUT2D eigenvalue weighted by molar-refractivity contribution is 5.50. The Morgan fingerprint density at radius 1 is 1.33 bits per heavy atom. The molecule has 0 fully saturated rings. The zero-order valence-electron chi connectivity index (χ0n) is 6.52. The number of aromatic nitrogens is 5. The van der Waals surface area contributed by atoms with Gasteiger partial charge in [0.05, 0.1) is 11.9 Å². The van der Waals surface area contributed by atoms with Crippen LogP contribution in [0.15, 0.2) is 18.5 Å². The summed E-state index contributed by atoms with van der Waals surface area (Å²) in [5, 5.41) is 10.1.